The van der Waals surface area contributed by atoms with E-state index in [-0.39, 0.29) is 22.0 Å². The molecular formula is C19H19ClN4O3S. The third-order valence-corrected chi connectivity index (χ3v) is 6.43. The van der Waals surface area contributed by atoms with Gasteiger partial charge in [-0.3, -0.25) is 4.79 Å². The van der Waals surface area contributed by atoms with Gasteiger partial charge in [-0.05, 0) is 35.9 Å². The smallest absolute Gasteiger partial charge is 0.251 e. The Kier molecular flexibility index (Phi) is 5.83. The van der Waals surface area contributed by atoms with Crippen molar-refractivity contribution in [1.82, 2.24) is 19.4 Å². The number of nitrogens with zero attached hydrogens (tertiary/aromatic N) is 3. The highest BCUT2D eigenvalue weighted by atomic mass is 35.5. The van der Waals surface area contributed by atoms with Gasteiger partial charge in [0.25, 0.3) is 5.91 Å². The molecule has 2 aromatic carbocycles. The second kappa shape index (κ2) is 8.14. The Hall–Kier alpha value is -2.68. The van der Waals surface area contributed by atoms with Gasteiger partial charge in [-0.2, -0.15) is 5.10 Å². The van der Waals surface area contributed by atoms with Crippen molar-refractivity contribution >= 4 is 27.5 Å². The fourth-order valence-corrected chi connectivity index (χ4v) is 4.01. The number of aromatic nitrogens is 2. The van der Waals surface area contributed by atoms with E-state index in [1.165, 1.54) is 32.3 Å². The first-order valence-electron chi connectivity index (χ1n) is 8.39. The first kappa shape index (κ1) is 20.1. The quantitative estimate of drug-likeness (QED) is 0.667. The van der Waals surface area contributed by atoms with Crippen LogP contribution in [0.15, 0.2) is 65.8 Å². The molecule has 0 bridgehead atoms. The lowest BCUT2D eigenvalue weighted by atomic mass is 10.1. The van der Waals surface area contributed by atoms with Gasteiger partial charge in [0.05, 0.1) is 10.7 Å². The van der Waals surface area contributed by atoms with E-state index < -0.39 is 15.9 Å². The van der Waals surface area contributed by atoms with Crippen LogP contribution >= 0.6 is 11.6 Å². The van der Waals surface area contributed by atoms with Crippen LogP contribution in [0.25, 0.3) is 5.69 Å². The van der Waals surface area contributed by atoms with Gasteiger partial charge in [0.1, 0.15) is 4.90 Å². The Bertz CT molecular complexity index is 1100. The molecule has 1 aromatic heterocycles. The van der Waals surface area contributed by atoms with Crippen molar-refractivity contribution in [2.45, 2.75) is 11.4 Å². The molecule has 0 aliphatic carbocycles. The minimum atomic E-state index is -3.76. The van der Waals surface area contributed by atoms with Crippen LogP contribution in [0.2, 0.25) is 5.02 Å². The molecule has 3 rings (SSSR count). The number of hydrogen-bond acceptors (Lipinski definition) is 4. The van der Waals surface area contributed by atoms with Gasteiger partial charge in [0.15, 0.2) is 0 Å². The van der Waals surface area contributed by atoms with E-state index >= 15 is 0 Å². The fourth-order valence-electron chi connectivity index (χ4n) is 2.61. The van der Waals surface area contributed by atoms with E-state index in [9.17, 15) is 13.2 Å². The van der Waals surface area contributed by atoms with Gasteiger partial charge in [0, 0.05) is 38.6 Å². The molecule has 7 nitrogen and oxygen atoms in total. The predicted molar refractivity (Wildman–Crippen MR) is 107 cm³/mol. The average Bonchev–Trinajstić information content (AvgIpc) is 3.21. The van der Waals surface area contributed by atoms with Crippen molar-refractivity contribution in [3.8, 4) is 5.69 Å². The third kappa shape index (κ3) is 4.09. The highest BCUT2D eigenvalue weighted by Gasteiger charge is 2.22. The SMILES string of the molecule is CN(C)S(=O)(=O)c1cc(C(=O)NCc2ccccc2-n2cccn2)ccc1Cl. The lowest BCUT2D eigenvalue weighted by molar-refractivity contribution is 0.0950. The van der Waals surface area contributed by atoms with Crippen molar-refractivity contribution in [2.24, 2.45) is 0 Å². The summed E-state index contributed by atoms with van der Waals surface area (Å²) >= 11 is 6.03. The van der Waals surface area contributed by atoms with Gasteiger partial charge in [-0.25, -0.2) is 17.4 Å². The molecule has 0 fully saturated rings. The molecule has 0 radical (unpaired) electrons. The molecule has 146 valence electrons. The molecule has 0 unspecified atom stereocenters. The highest BCUT2D eigenvalue weighted by molar-refractivity contribution is 7.89. The van der Waals surface area contributed by atoms with E-state index in [1.807, 2.05) is 36.5 Å². The molecular weight excluding hydrogens is 400 g/mol. The first-order valence-corrected chi connectivity index (χ1v) is 10.2. The van der Waals surface area contributed by atoms with Crippen LogP contribution in [-0.4, -0.2) is 42.5 Å². The number of rotatable bonds is 6. The molecule has 0 atom stereocenters. The molecule has 0 saturated heterocycles. The van der Waals surface area contributed by atoms with Crippen LogP contribution in [0.1, 0.15) is 15.9 Å². The van der Waals surface area contributed by atoms with Crippen molar-refractivity contribution in [2.75, 3.05) is 14.1 Å². The summed E-state index contributed by atoms with van der Waals surface area (Å²) in [6.07, 6.45) is 3.49. The van der Waals surface area contributed by atoms with Crippen molar-refractivity contribution < 1.29 is 13.2 Å². The number of sulfonamides is 1. The molecule has 0 aliphatic heterocycles. The van der Waals surface area contributed by atoms with E-state index in [0.29, 0.717) is 0 Å². The summed E-state index contributed by atoms with van der Waals surface area (Å²) in [5.74, 6) is -0.401. The summed E-state index contributed by atoms with van der Waals surface area (Å²) in [6, 6.07) is 13.6. The zero-order valence-electron chi connectivity index (χ0n) is 15.3. The topological polar surface area (TPSA) is 84.3 Å². The molecule has 3 aromatic rings. The molecule has 0 saturated carbocycles. The molecule has 9 heteroatoms. The molecule has 0 aliphatic rings. The molecule has 1 N–H and O–H groups in total. The maximum Gasteiger partial charge on any atom is 0.251 e. The molecule has 28 heavy (non-hydrogen) atoms. The van der Waals surface area contributed by atoms with E-state index in [4.69, 9.17) is 11.6 Å². The zero-order chi connectivity index (χ0) is 20.3. The molecule has 1 amide bonds. The lowest BCUT2D eigenvalue weighted by Crippen LogP contribution is -2.25. The van der Waals surface area contributed by atoms with Crippen LogP contribution in [0.5, 0.6) is 0 Å². The minimum Gasteiger partial charge on any atom is -0.348 e. The molecule has 1 heterocycles. The lowest BCUT2D eigenvalue weighted by Gasteiger charge is -2.14. The van der Waals surface area contributed by atoms with Gasteiger partial charge in [-0.15, -0.1) is 0 Å². The largest absolute Gasteiger partial charge is 0.348 e. The van der Waals surface area contributed by atoms with Gasteiger partial charge in [0.2, 0.25) is 10.0 Å². The van der Waals surface area contributed by atoms with Crippen molar-refractivity contribution in [3.05, 3.63) is 77.1 Å². The number of amides is 1. The van der Waals surface area contributed by atoms with Crippen molar-refractivity contribution in [1.29, 1.82) is 0 Å². The monoisotopic (exact) mass is 418 g/mol. The van der Waals surface area contributed by atoms with E-state index in [0.717, 1.165) is 15.6 Å². The average molecular weight is 419 g/mol. The summed E-state index contributed by atoms with van der Waals surface area (Å²) < 4.78 is 27.5. The van der Waals surface area contributed by atoms with Gasteiger partial charge < -0.3 is 5.32 Å². The predicted octanol–water partition coefficient (Wildman–Crippen LogP) is 2.71. The Morgan fingerprint density at radius 2 is 1.93 bits per heavy atom. The Balaban J connectivity index is 1.82. The molecule has 0 spiro atoms. The van der Waals surface area contributed by atoms with Gasteiger partial charge in [-0.1, -0.05) is 29.8 Å². The first-order chi connectivity index (χ1) is 13.3. The Morgan fingerprint density at radius 1 is 1.18 bits per heavy atom. The van der Waals surface area contributed by atoms with Crippen molar-refractivity contribution in [3.63, 3.8) is 0 Å². The van der Waals surface area contributed by atoms with Crippen LogP contribution in [0, 0.1) is 0 Å². The highest BCUT2D eigenvalue weighted by Crippen LogP contribution is 2.25. The maximum atomic E-state index is 12.6. The van der Waals surface area contributed by atoms with E-state index in [2.05, 4.69) is 10.4 Å². The number of carbonyl (C=O) groups is 1. The second-order valence-corrected chi connectivity index (χ2v) is 8.72. The van der Waals surface area contributed by atoms with Gasteiger partial charge >= 0.3 is 0 Å². The summed E-state index contributed by atoms with van der Waals surface area (Å²) in [7, 11) is -0.943. The van der Waals surface area contributed by atoms with E-state index in [1.54, 1.807) is 10.9 Å². The standard InChI is InChI=1S/C19H19ClN4O3S/c1-23(2)28(26,27)18-12-14(8-9-16(18)20)19(25)21-13-15-6-3-4-7-17(15)24-11-5-10-22-24/h3-12H,13H2,1-2H3,(H,21,25). The second-order valence-electron chi connectivity index (χ2n) is 6.19. The van der Waals surface area contributed by atoms with Crippen LogP contribution < -0.4 is 5.32 Å². The summed E-state index contributed by atoms with van der Waals surface area (Å²) in [4.78, 5) is 12.5. The minimum absolute atomic E-state index is 0.0641. The number of benzene rings is 2. The Morgan fingerprint density at radius 3 is 2.61 bits per heavy atom. The maximum absolute atomic E-state index is 12.6. The number of para-hydroxylation sites is 1. The van der Waals surface area contributed by atoms with Crippen LogP contribution in [-0.2, 0) is 16.6 Å². The summed E-state index contributed by atoms with van der Waals surface area (Å²) in [5.41, 5.74) is 1.93. The number of hydrogen-bond donors (Lipinski definition) is 1. The third-order valence-electron chi connectivity index (χ3n) is 4.13. The summed E-state index contributed by atoms with van der Waals surface area (Å²) in [6.45, 7) is 0.257. The normalized spacial score (nSPS) is 11.6. The fraction of sp³-hybridized carbons (Fsp3) is 0.158. The number of nitrogens with one attached hydrogen (secondary N) is 1. The van der Waals surface area contributed by atoms with Crippen LogP contribution in [0.3, 0.4) is 0 Å². The number of carbonyl (C=O) groups excluding carboxylic acids is 1. The Labute approximate surface area is 168 Å². The van der Waals surface area contributed by atoms with Crippen LogP contribution in [0.4, 0.5) is 0 Å². The summed E-state index contributed by atoms with van der Waals surface area (Å²) in [5, 5.41) is 7.09. The zero-order valence-corrected chi connectivity index (χ0v) is 16.9. The number of halogens is 1.